The van der Waals surface area contributed by atoms with E-state index in [4.69, 9.17) is 9.97 Å². The zero-order valence-electron chi connectivity index (χ0n) is 18.1. The number of rotatable bonds is 7. The number of fused-ring (bicyclic) bond motifs is 1. The number of hydrogen-bond donors (Lipinski definition) is 0. The summed E-state index contributed by atoms with van der Waals surface area (Å²) in [7, 11) is 0. The highest BCUT2D eigenvalue weighted by atomic mass is 16.2. The summed E-state index contributed by atoms with van der Waals surface area (Å²) in [5, 5.41) is 0. The second-order valence-corrected chi connectivity index (χ2v) is 7.83. The Bertz CT molecular complexity index is 867. The summed E-state index contributed by atoms with van der Waals surface area (Å²) < 4.78 is 0. The molecule has 1 aliphatic heterocycles. The first kappa shape index (κ1) is 20.3. The fourth-order valence-electron chi connectivity index (χ4n) is 4.23. The van der Waals surface area contributed by atoms with E-state index in [-0.39, 0.29) is 5.91 Å². The van der Waals surface area contributed by atoms with Crippen LogP contribution in [0.5, 0.6) is 0 Å². The first-order chi connectivity index (χ1) is 13.4. The Hall–Kier alpha value is -2.43. The second-order valence-electron chi connectivity index (χ2n) is 7.83. The molecule has 0 bridgehead atoms. The molecule has 1 aliphatic rings. The largest absolute Gasteiger partial charge is 0.310 e. The first-order valence-corrected chi connectivity index (χ1v) is 10.4. The summed E-state index contributed by atoms with van der Waals surface area (Å²) >= 11 is 0. The minimum atomic E-state index is 0.145. The molecular weight excluding hydrogens is 348 g/mol. The third-order valence-corrected chi connectivity index (χ3v) is 5.51. The van der Waals surface area contributed by atoms with Crippen molar-refractivity contribution < 1.29 is 4.79 Å². The number of aryl methyl sites for hydroxylation is 4. The lowest BCUT2D eigenvalue weighted by Crippen LogP contribution is -2.29. The van der Waals surface area contributed by atoms with E-state index < -0.39 is 0 Å². The van der Waals surface area contributed by atoms with E-state index in [2.05, 4.69) is 51.7 Å². The van der Waals surface area contributed by atoms with Gasteiger partial charge in [0, 0.05) is 30.0 Å². The SMILES string of the molecule is CCCCCN1C(=O)Cc2c(C)nc(N(CC)c3c(C)cc(C)cc3C)nc21. The van der Waals surface area contributed by atoms with Gasteiger partial charge in [-0.05, 0) is 52.2 Å². The van der Waals surface area contributed by atoms with Crippen LogP contribution < -0.4 is 9.80 Å². The average molecular weight is 381 g/mol. The molecule has 28 heavy (non-hydrogen) atoms. The van der Waals surface area contributed by atoms with Gasteiger partial charge in [0.15, 0.2) is 0 Å². The fourth-order valence-corrected chi connectivity index (χ4v) is 4.23. The monoisotopic (exact) mass is 380 g/mol. The van der Waals surface area contributed by atoms with Gasteiger partial charge in [-0.25, -0.2) is 4.98 Å². The van der Waals surface area contributed by atoms with Crippen molar-refractivity contribution in [3.63, 3.8) is 0 Å². The second kappa shape index (κ2) is 8.29. The third-order valence-electron chi connectivity index (χ3n) is 5.51. The van der Waals surface area contributed by atoms with Crippen LogP contribution >= 0.6 is 0 Å². The predicted molar refractivity (Wildman–Crippen MR) is 116 cm³/mol. The van der Waals surface area contributed by atoms with Crippen LogP contribution in [0.4, 0.5) is 17.5 Å². The number of carbonyl (C=O) groups excluding carboxylic acids is 1. The molecule has 2 aromatic rings. The van der Waals surface area contributed by atoms with Crippen molar-refractivity contribution in [2.24, 2.45) is 0 Å². The Morgan fingerprint density at radius 1 is 1.04 bits per heavy atom. The maximum Gasteiger partial charge on any atom is 0.232 e. The van der Waals surface area contributed by atoms with Crippen LogP contribution in [0.25, 0.3) is 0 Å². The molecule has 0 N–H and O–H groups in total. The molecule has 1 aromatic carbocycles. The van der Waals surface area contributed by atoms with E-state index in [1.54, 1.807) is 0 Å². The van der Waals surface area contributed by atoms with E-state index >= 15 is 0 Å². The highest BCUT2D eigenvalue weighted by molar-refractivity contribution is 6.00. The minimum Gasteiger partial charge on any atom is -0.310 e. The molecule has 0 saturated carbocycles. The molecule has 0 aliphatic carbocycles. The van der Waals surface area contributed by atoms with E-state index in [1.807, 2.05) is 11.8 Å². The van der Waals surface area contributed by atoms with E-state index in [0.717, 1.165) is 55.1 Å². The van der Waals surface area contributed by atoms with E-state index in [9.17, 15) is 4.79 Å². The van der Waals surface area contributed by atoms with Crippen LogP contribution in [0.15, 0.2) is 12.1 Å². The quantitative estimate of drug-likeness (QED) is 0.638. The van der Waals surface area contributed by atoms with Crippen molar-refractivity contribution in [3.05, 3.63) is 40.1 Å². The number of carbonyl (C=O) groups is 1. The molecular formula is C23H32N4O. The van der Waals surface area contributed by atoms with Crippen molar-refractivity contribution in [2.75, 3.05) is 22.9 Å². The van der Waals surface area contributed by atoms with Gasteiger partial charge < -0.3 is 4.90 Å². The molecule has 0 atom stereocenters. The van der Waals surface area contributed by atoms with Crippen LogP contribution in [0.1, 0.15) is 61.1 Å². The molecule has 5 heteroatoms. The Balaban J connectivity index is 2.04. The summed E-state index contributed by atoms with van der Waals surface area (Å²) in [5.41, 5.74) is 6.75. The molecule has 5 nitrogen and oxygen atoms in total. The topological polar surface area (TPSA) is 49.3 Å². The van der Waals surface area contributed by atoms with Crippen LogP contribution in [0.2, 0.25) is 0 Å². The highest BCUT2D eigenvalue weighted by Crippen LogP contribution is 2.35. The maximum absolute atomic E-state index is 12.6. The van der Waals surface area contributed by atoms with Gasteiger partial charge in [-0.3, -0.25) is 9.69 Å². The molecule has 3 rings (SSSR count). The van der Waals surface area contributed by atoms with Gasteiger partial charge in [-0.1, -0.05) is 37.5 Å². The summed E-state index contributed by atoms with van der Waals surface area (Å²) in [4.78, 5) is 26.3. The number of nitrogens with zero attached hydrogens (tertiary/aromatic N) is 4. The van der Waals surface area contributed by atoms with Gasteiger partial charge in [0.2, 0.25) is 11.9 Å². The number of anilines is 3. The summed E-state index contributed by atoms with van der Waals surface area (Å²) in [6.07, 6.45) is 3.69. The Labute approximate surface area is 168 Å². The van der Waals surface area contributed by atoms with Crippen molar-refractivity contribution in [2.45, 2.75) is 67.2 Å². The maximum atomic E-state index is 12.6. The molecule has 0 radical (unpaired) electrons. The van der Waals surface area contributed by atoms with Crippen molar-refractivity contribution in [1.29, 1.82) is 0 Å². The highest BCUT2D eigenvalue weighted by Gasteiger charge is 2.32. The van der Waals surface area contributed by atoms with E-state index in [0.29, 0.717) is 12.4 Å². The van der Waals surface area contributed by atoms with Gasteiger partial charge in [-0.2, -0.15) is 4.98 Å². The lowest BCUT2D eigenvalue weighted by Gasteiger charge is -2.27. The molecule has 0 saturated heterocycles. The number of amides is 1. The Morgan fingerprint density at radius 2 is 1.71 bits per heavy atom. The van der Waals surface area contributed by atoms with E-state index in [1.165, 1.54) is 16.7 Å². The smallest absolute Gasteiger partial charge is 0.232 e. The van der Waals surface area contributed by atoms with Crippen LogP contribution in [-0.4, -0.2) is 29.0 Å². The standard InChI is InChI=1S/C23H32N4O/c1-7-9-10-11-27-20(28)14-19-18(6)24-23(25-22(19)27)26(8-2)21-16(4)12-15(3)13-17(21)5/h12-13H,7-11,14H2,1-6H3. The number of unbranched alkanes of at least 4 members (excludes halogenated alkanes) is 2. The van der Waals surface area contributed by atoms with Gasteiger partial charge in [0.1, 0.15) is 5.82 Å². The number of hydrogen-bond acceptors (Lipinski definition) is 4. The van der Waals surface area contributed by atoms with Crippen molar-refractivity contribution in [1.82, 2.24) is 9.97 Å². The minimum absolute atomic E-state index is 0.145. The molecule has 1 amide bonds. The molecule has 0 unspecified atom stereocenters. The van der Waals surface area contributed by atoms with Gasteiger partial charge in [0.25, 0.3) is 0 Å². The first-order valence-electron chi connectivity index (χ1n) is 10.4. The number of benzene rings is 1. The lowest BCUT2D eigenvalue weighted by atomic mass is 10.0. The average Bonchev–Trinajstić information content (AvgIpc) is 2.94. The fraction of sp³-hybridized carbons (Fsp3) is 0.522. The summed E-state index contributed by atoms with van der Waals surface area (Å²) in [6, 6.07) is 4.40. The van der Waals surface area contributed by atoms with Gasteiger partial charge >= 0.3 is 0 Å². The predicted octanol–water partition coefficient (Wildman–Crippen LogP) is 4.95. The van der Waals surface area contributed by atoms with Crippen LogP contribution in [-0.2, 0) is 11.2 Å². The molecule has 0 fully saturated rings. The summed E-state index contributed by atoms with van der Waals surface area (Å²) in [6.45, 7) is 14.2. The van der Waals surface area contributed by atoms with Crippen LogP contribution in [0.3, 0.4) is 0 Å². The third kappa shape index (κ3) is 3.75. The normalized spacial score (nSPS) is 13.2. The summed E-state index contributed by atoms with van der Waals surface area (Å²) in [5.74, 6) is 1.64. The Kier molecular flexibility index (Phi) is 6.01. The molecule has 150 valence electrons. The van der Waals surface area contributed by atoms with Gasteiger partial charge in [0.05, 0.1) is 6.42 Å². The zero-order valence-corrected chi connectivity index (χ0v) is 18.1. The van der Waals surface area contributed by atoms with Crippen molar-refractivity contribution in [3.8, 4) is 0 Å². The van der Waals surface area contributed by atoms with Crippen LogP contribution in [0, 0.1) is 27.7 Å². The van der Waals surface area contributed by atoms with Crippen molar-refractivity contribution >= 4 is 23.4 Å². The van der Waals surface area contributed by atoms with Gasteiger partial charge in [-0.15, -0.1) is 0 Å². The lowest BCUT2D eigenvalue weighted by molar-refractivity contribution is -0.117. The molecule has 1 aromatic heterocycles. The number of aromatic nitrogens is 2. The zero-order chi connectivity index (χ0) is 20.4. The Morgan fingerprint density at radius 3 is 2.32 bits per heavy atom. The molecule has 2 heterocycles. The molecule has 0 spiro atoms.